The monoisotopic (exact) mass is 434 g/mol. The van der Waals surface area contributed by atoms with Crippen LogP contribution in [0.3, 0.4) is 0 Å². The summed E-state index contributed by atoms with van der Waals surface area (Å²) >= 11 is 0. The molecule has 0 saturated heterocycles. The number of aromatic hydroxyl groups is 1. The Balaban J connectivity index is 1.59. The number of nitrogens with one attached hydrogen (secondary N) is 2. The summed E-state index contributed by atoms with van der Waals surface area (Å²) in [6, 6.07) is 13.8. The standard InChI is InChI=1S/C24H26N4O4/c1-15(29)26-18-8-11-23(30)20(12-18)21-13-22(17-4-3-5-17)28(27-21)24(31)25-14-16-6-9-19(32-2)10-7-16/h6-13,17,30H,3-5,14H2,1-2H3,(H,25,31)(H,26,29). The lowest BCUT2D eigenvalue weighted by atomic mass is 9.82. The first-order chi connectivity index (χ1) is 15.4. The molecule has 1 aromatic heterocycles. The van der Waals surface area contributed by atoms with Gasteiger partial charge in [0.2, 0.25) is 5.91 Å². The van der Waals surface area contributed by atoms with Crippen LogP contribution in [-0.4, -0.2) is 33.9 Å². The highest BCUT2D eigenvalue weighted by atomic mass is 16.5. The minimum Gasteiger partial charge on any atom is -0.507 e. The average molecular weight is 434 g/mol. The molecule has 0 spiro atoms. The maximum Gasteiger partial charge on any atom is 0.342 e. The number of methoxy groups -OCH3 is 1. The Bertz CT molecular complexity index is 1130. The molecule has 0 bridgehead atoms. The first kappa shape index (κ1) is 21.4. The summed E-state index contributed by atoms with van der Waals surface area (Å²) in [6.07, 6.45) is 3.10. The number of ether oxygens (including phenoxy) is 1. The second kappa shape index (κ2) is 9.13. The number of phenolic OH excluding ortho intramolecular Hbond substituents is 1. The summed E-state index contributed by atoms with van der Waals surface area (Å²) in [5, 5.41) is 20.5. The van der Waals surface area contributed by atoms with Gasteiger partial charge in [-0.2, -0.15) is 9.78 Å². The topological polar surface area (TPSA) is 105 Å². The Kier molecular flexibility index (Phi) is 6.11. The third kappa shape index (κ3) is 4.59. The molecule has 8 heteroatoms. The zero-order chi connectivity index (χ0) is 22.7. The molecule has 32 heavy (non-hydrogen) atoms. The van der Waals surface area contributed by atoms with Crippen LogP contribution in [-0.2, 0) is 11.3 Å². The fourth-order valence-corrected chi connectivity index (χ4v) is 3.70. The fraction of sp³-hybridized carbons (Fsp3) is 0.292. The summed E-state index contributed by atoms with van der Waals surface area (Å²) in [6.45, 7) is 1.77. The number of amides is 2. The van der Waals surface area contributed by atoms with Crippen molar-refractivity contribution in [3.05, 3.63) is 59.8 Å². The molecule has 2 aromatic carbocycles. The first-order valence-corrected chi connectivity index (χ1v) is 10.6. The van der Waals surface area contributed by atoms with Crippen LogP contribution < -0.4 is 15.4 Å². The van der Waals surface area contributed by atoms with Crippen molar-refractivity contribution in [1.29, 1.82) is 0 Å². The van der Waals surface area contributed by atoms with E-state index in [1.54, 1.807) is 19.2 Å². The molecule has 1 aliphatic rings. The zero-order valence-electron chi connectivity index (χ0n) is 18.1. The second-order valence-electron chi connectivity index (χ2n) is 7.91. The molecule has 1 saturated carbocycles. The predicted octanol–water partition coefficient (Wildman–Crippen LogP) is 4.25. The fourth-order valence-electron chi connectivity index (χ4n) is 3.70. The van der Waals surface area contributed by atoms with Crippen LogP contribution in [0.1, 0.15) is 43.4 Å². The lowest BCUT2D eigenvalue weighted by Gasteiger charge is -2.25. The van der Waals surface area contributed by atoms with Crippen molar-refractivity contribution in [2.75, 3.05) is 12.4 Å². The Morgan fingerprint density at radius 3 is 2.53 bits per heavy atom. The number of hydrogen-bond acceptors (Lipinski definition) is 5. The van der Waals surface area contributed by atoms with Gasteiger partial charge >= 0.3 is 6.03 Å². The summed E-state index contributed by atoms with van der Waals surface area (Å²) in [7, 11) is 1.61. The van der Waals surface area contributed by atoms with Crippen molar-refractivity contribution in [3.63, 3.8) is 0 Å². The normalized spacial score (nSPS) is 13.3. The van der Waals surface area contributed by atoms with Gasteiger partial charge in [-0.25, -0.2) is 4.79 Å². The molecule has 3 aromatic rings. The molecule has 0 atom stereocenters. The molecule has 166 valence electrons. The van der Waals surface area contributed by atoms with E-state index >= 15 is 0 Å². The van der Waals surface area contributed by atoms with E-state index in [-0.39, 0.29) is 23.6 Å². The van der Waals surface area contributed by atoms with E-state index in [1.807, 2.05) is 30.3 Å². The minimum absolute atomic E-state index is 0.0301. The zero-order valence-corrected chi connectivity index (χ0v) is 18.1. The van der Waals surface area contributed by atoms with Crippen molar-refractivity contribution in [3.8, 4) is 22.8 Å². The van der Waals surface area contributed by atoms with Crippen molar-refractivity contribution >= 4 is 17.6 Å². The van der Waals surface area contributed by atoms with Gasteiger partial charge in [-0.3, -0.25) is 4.79 Å². The summed E-state index contributed by atoms with van der Waals surface area (Å²) in [4.78, 5) is 24.4. The van der Waals surface area contributed by atoms with Gasteiger partial charge in [0.05, 0.1) is 18.5 Å². The Hall–Kier alpha value is -3.81. The second-order valence-corrected chi connectivity index (χ2v) is 7.91. The van der Waals surface area contributed by atoms with Crippen LogP contribution in [0.15, 0.2) is 48.5 Å². The molecule has 1 heterocycles. The van der Waals surface area contributed by atoms with Crippen LogP contribution in [0, 0.1) is 0 Å². The third-order valence-electron chi connectivity index (χ3n) is 5.65. The Labute approximate surface area is 186 Å². The van der Waals surface area contributed by atoms with Gasteiger partial charge in [0.15, 0.2) is 0 Å². The Morgan fingerprint density at radius 1 is 1.16 bits per heavy atom. The highest BCUT2D eigenvalue weighted by Crippen LogP contribution is 2.39. The average Bonchev–Trinajstić information content (AvgIpc) is 3.16. The molecule has 0 unspecified atom stereocenters. The lowest BCUT2D eigenvalue weighted by molar-refractivity contribution is -0.114. The van der Waals surface area contributed by atoms with E-state index in [9.17, 15) is 14.7 Å². The summed E-state index contributed by atoms with van der Waals surface area (Å²) in [5.41, 5.74) is 3.25. The van der Waals surface area contributed by atoms with E-state index in [4.69, 9.17) is 4.74 Å². The molecule has 0 radical (unpaired) electrons. The highest BCUT2D eigenvalue weighted by Gasteiger charge is 2.27. The van der Waals surface area contributed by atoms with Gasteiger partial charge in [0, 0.05) is 30.6 Å². The number of aromatic nitrogens is 2. The van der Waals surface area contributed by atoms with E-state index in [0.29, 0.717) is 23.5 Å². The van der Waals surface area contributed by atoms with Gasteiger partial charge in [0.1, 0.15) is 11.5 Å². The van der Waals surface area contributed by atoms with Gasteiger partial charge in [-0.15, -0.1) is 0 Å². The van der Waals surface area contributed by atoms with E-state index < -0.39 is 0 Å². The SMILES string of the molecule is COc1ccc(CNC(=O)n2nc(-c3cc(NC(C)=O)ccc3O)cc2C2CCC2)cc1. The van der Waals surface area contributed by atoms with E-state index in [0.717, 1.165) is 36.3 Å². The van der Waals surface area contributed by atoms with Crippen LogP contribution >= 0.6 is 0 Å². The van der Waals surface area contributed by atoms with Crippen LogP contribution in [0.5, 0.6) is 11.5 Å². The molecule has 8 nitrogen and oxygen atoms in total. The molecule has 4 rings (SSSR count). The number of anilines is 1. The third-order valence-corrected chi connectivity index (χ3v) is 5.65. The van der Waals surface area contributed by atoms with Crippen molar-refractivity contribution in [1.82, 2.24) is 15.1 Å². The number of rotatable bonds is 6. The van der Waals surface area contributed by atoms with Gasteiger partial charge < -0.3 is 20.5 Å². The van der Waals surface area contributed by atoms with Crippen LogP contribution in [0.4, 0.5) is 10.5 Å². The quantitative estimate of drug-likeness (QED) is 0.503. The molecule has 1 aliphatic carbocycles. The number of hydrogen-bond donors (Lipinski definition) is 3. The number of carbonyl (C=O) groups excluding carboxylic acids is 2. The molecular weight excluding hydrogens is 408 g/mol. The van der Waals surface area contributed by atoms with Gasteiger partial charge in [-0.05, 0) is 54.8 Å². The van der Waals surface area contributed by atoms with Gasteiger partial charge in [0.25, 0.3) is 0 Å². The molecule has 0 aliphatic heterocycles. The molecule has 3 N–H and O–H groups in total. The number of nitrogens with zero attached hydrogens (tertiary/aromatic N) is 2. The smallest absolute Gasteiger partial charge is 0.342 e. The van der Waals surface area contributed by atoms with Gasteiger partial charge in [-0.1, -0.05) is 18.6 Å². The maximum absolute atomic E-state index is 13.0. The predicted molar refractivity (Wildman–Crippen MR) is 121 cm³/mol. The number of carbonyl (C=O) groups is 2. The molecule has 1 fully saturated rings. The number of phenols is 1. The van der Waals surface area contributed by atoms with Crippen LogP contribution in [0.2, 0.25) is 0 Å². The first-order valence-electron chi connectivity index (χ1n) is 10.6. The summed E-state index contributed by atoms with van der Waals surface area (Å²) < 4.78 is 6.56. The van der Waals surface area contributed by atoms with Crippen molar-refractivity contribution in [2.24, 2.45) is 0 Å². The van der Waals surface area contributed by atoms with Crippen molar-refractivity contribution in [2.45, 2.75) is 38.6 Å². The van der Waals surface area contributed by atoms with Crippen molar-refractivity contribution < 1.29 is 19.4 Å². The lowest BCUT2D eigenvalue weighted by Crippen LogP contribution is -2.31. The number of benzene rings is 2. The highest BCUT2D eigenvalue weighted by molar-refractivity contribution is 5.90. The van der Waals surface area contributed by atoms with Crippen LogP contribution in [0.25, 0.3) is 11.3 Å². The Morgan fingerprint density at radius 2 is 1.91 bits per heavy atom. The summed E-state index contributed by atoms with van der Waals surface area (Å²) in [5.74, 6) is 0.830. The molecular formula is C24H26N4O4. The maximum atomic E-state index is 13.0. The van der Waals surface area contributed by atoms with E-state index in [2.05, 4.69) is 15.7 Å². The van der Waals surface area contributed by atoms with E-state index in [1.165, 1.54) is 17.7 Å². The largest absolute Gasteiger partial charge is 0.507 e. The molecule has 2 amide bonds. The minimum atomic E-state index is -0.327.